The van der Waals surface area contributed by atoms with Crippen molar-refractivity contribution in [1.29, 1.82) is 0 Å². The lowest BCUT2D eigenvalue weighted by molar-refractivity contribution is 0.201. The molecule has 1 aromatic rings. The summed E-state index contributed by atoms with van der Waals surface area (Å²) in [5.41, 5.74) is 6.25. The highest BCUT2D eigenvalue weighted by molar-refractivity contribution is 5.25. The Morgan fingerprint density at radius 3 is 2.82 bits per heavy atom. The van der Waals surface area contributed by atoms with Crippen molar-refractivity contribution in [3.63, 3.8) is 0 Å². The molecule has 11 heavy (non-hydrogen) atoms. The molecule has 1 aromatic heterocycles. The fraction of sp³-hybridized carbons (Fsp3) is 0.429. The molecule has 0 unspecified atom stereocenters. The summed E-state index contributed by atoms with van der Waals surface area (Å²) in [6, 6.07) is 3.58. The van der Waals surface area contributed by atoms with Gasteiger partial charge in [-0.15, -0.1) is 5.10 Å². The third-order valence-electron chi connectivity index (χ3n) is 1.30. The van der Waals surface area contributed by atoms with Gasteiger partial charge in [0, 0.05) is 13.5 Å². The summed E-state index contributed by atoms with van der Waals surface area (Å²) in [6.45, 7) is 0.665. The first-order chi connectivity index (χ1) is 5.33. The molecular weight excluding hydrogens is 142 g/mol. The summed E-state index contributed by atoms with van der Waals surface area (Å²) in [6.07, 6.45) is 0.782. The zero-order chi connectivity index (χ0) is 8.10. The van der Waals surface area contributed by atoms with E-state index in [-0.39, 0.29) is 0 Å². The number of nitrogen functional groups attached to an aromatic ring is 1. The van der Waals surface area contributed by atoms with Crippen molar-refractivity contribution in [1.82, 2.24) is 10.2 Å². The second-order valence-electron chi connectivity index (χ2n) is 2.19. The van der Waals surface area contributed by atoms with Gasteiger partial charge in [-0.1, -0.05) is 0 Å². The van der Waals surface area contributed by atoms with Crippen molar-refractivity contribution in [3.05, 3.63) is 17.8 Å². The molecule has 0 amide bonds. The van der Waals surface area contributed by atoms with E-state index in [1.54, 1.807) is 13.2 Å². The summed E-state index contributed by atoms with van der Waals surface area (Å²) in [5, 5.41) is 7.57. The molecule has 1 heterocycles. The Hall–Kier alpha value is -1.16. The standard InChI is InChI=1S/C7H11N3O/c1-11-5-4-6-2-3-7(8)10-9-6/h2-3H,4-5H2,1H3,(H2,8,10). The molecule has 2 N–H and O–H groups in total. The number of hydrogen-bond donors (Lipinski definition) is 1. The van der Waals surface area contributed by atoms with Gasteiger partial charge >= 0.3 is 0 Å². The summed E-state index contributed by atoms with van der Waals surface area (Å²) >= 11 is 0. The fourth-order valence-corrected chi connectivity index (χ4v) is 0.710. The lowest BCUT2D eigenvalue weighted by atomic mass is 10.3. The Balaban J connectivity index is 2.52. The molecule has 0 aromatic carbocycles. The minimum Gasteiger partial charge on any atom is -0.384 e. The van der Waals surface area contributed by atoms with Crippen LogP contribution in [0.1, 0.15) is 5.69 Å². The Morgan fingerprint density at radius 2 is 2.27 bits per heavy atom. The van der Waals surface area contributed by atoms with E-state index in [4.69, 9.17) is 10.5 Å². The largest absolute Gasteiger partial charge is 0.384 e. The van der Waals surface area contributed by atoms with Gasteiger partial charge in [-0.2, -0.15) is 5.10 Å². The van der Waals surface area contributed by atoms with Gasteiger partial charge in [-0.05, 0) is 12.1 Å². The van der Waals surface area contributed by atoms with Crippen LogP contribution < -0.4 is 5.73 Å². The number of nitrogens with zero attached hydrogens (tertiary/aromatic N) is 2. The minimum absolute atomic E-state index is 0.450. The Morgan fingerprint density at radius 1 is 1.45 bits per heavy atom. The summed E-state index contributed by atoms with van der Waals surface area (Å²) in [4.78, 5) is 0. The zero-order valence-electron chi connectivity index (χ0n) is 6.45. The van der Waals surface area contributed by atoms with E-state index in [9.17, 15) is 0 Å². The van der Waals surface area contributed by atoms with Crippen LogP contribution >= 0.6 is 0 Å². The van der Waals surface area contributed by atoms with Crippen molar-refractivity contribution in [2.45, 2.75) is 6.42 Å². The molecule has 0 fully saturated rings. The summed E-state index contributed by atoms with van der Waals surface area (Å²) in [7, 11) is 1.66. The fourth-order valence-electron chi connectivity index (χ4n) is 0.710. The molecule has 0 saturated heterocycles. The van der Waals surface area contributed by atoms with E-state index in [0.717, 1.165) is 12.1 Å². The van der Waals surface area contributed by atoms with Crippen LogP contribution in [0.5, 0.6) is 0 Å². The smallest absolute Gasteiger partial charge is 0.146 e. The summed E-state index contributed by atoms with van der Waals surface area (Å²) in [5.74, 6) is 0.450. The number of ether oxygens (including phenoxy) is 1. The maximum atomic E-state index is 5.35. The van der Waals surface area contributed by atoms with E-state index in [0.29, 0.717) is 12.4 Å². The first-order valence-electron chi connectivity index (χ1n) is 3.40. The van der Waals surface area contributed by atoms with E-state index >= 15 is 0 Å². The topological polar surface area (TPSA) is 61.0 Å². The van der Waals surface area contributed by atoms with Crippen molar-refractivity contribution in [3.8, 4) is 0 Å². The molecule has 4 nitrogen and oxygen atoms in total. The highest BCUT2D eigenvalue weighted by atomic mass is 16.5. The first kappa shape index (κ1) is 7.94. The van der Waals surface area contributed by atoms with Crippen molar-refractivity contribution in [2.24, 2.45) is 0 Å². The molecule has 0 atom stereocenters. The SMILES string of the molecule is COCCc1ccc(N)nn1. The number of methoxy groups -OCH3 is 1. The molecule has 1 rings (SSSR count). The van der Waals surface area contributed by atoms with Gasteiger partial charge in [0.15, 0.2) is 0 Å². The number of anilines is 1. The minimum atomic E-state index is 0.450. The van der Waals surface area contributed by atoms with Crippen LogP contribution in [-0.2, 0) is 11.2 Å². The first-order valence-corrected chi connectivity index (χ1v) is 3.40. The van der Waals surface area contributed by atoms with Gasteiger partial charge in [0.1, 0.15) is 5.82 Å². The quantitative estimate of drug-likeness (QED) is 0.676. The van der Waals surface area contributed by atoms with Crippen LogP contribution in [-0.4, -0.2) is 23.9 Å². The molecule has 0 spiro atoms. The predicted molar refractivity (Wildman–Crippen MR) is 42.0 cm³/mol. The zero-order valence-corrected chi connectivity index (χ0v) is 6.45. The van der Waals surface area contributed by atoms with Crippen LogP contribution in [0.3, 0.4) is 0 Å². The van der Waals surface area contributed by atoms with Crippen LogP contribution in [0.2, 0.25) is 0 Å². The van der Waals surface area contributed by atoms with E-state index < -0.39 is 0 Å². The average Bonchev–Trinajstić information content (AvgIpc) is 2.04. The number of nitrogens with two attached hydrogens (primary N) is 1. The number of rotatable bonds is 3. The van der Waals surface area contributed by atoms with Gasteiger partial charge in [0.05, 0.1) is 12.3 Å². The Kier molecular flexibility index (Phi) is 2.80. The van der Waals surface area contributed by atoms with Gasteiger partial charge in [0.2, 0.25) is 0 Å². The second kappa shape index (κ2) is 3.88. The van der Waals surface area contributed by atoms with Gasteiger partial charge in [0.25, 0.3) is 0 Å². The van der Waals surface area contributed by atoms with Crippen molar-refractivity contribution < 1.29 is 4.74 Å². The highest BCUT2D eigenvalue weighted by Crippen LogP contribution is 1.97. The van der Waals surface area contributed by atoms with Gasteiger partial charge in [-0.25, -0.2) is 0 Å². The molecule has 0 bridgehead atoms. The molecular formula is C7H11N3O. The van der Waals surface area contributed by atoms with Crippen molar-refractivity contribution in [2.75, 3.05) is 19.5 Å². The van der Waals surface area contributed by atoms with Gasteiger partial charge in [-0.3, -0.25) is 0 Å². The second-order valence-corrected chi connectivity index (χ2v) is 2.19. The van der Waals surface area contributed by atoms with Crippen LogP contribution in [0.25, 0.3) is 0 Å². The van der Waals surface area contributed by atoms with Gasteiger partial charge < -0.3 is 10.5 Å². The molecule has 0 aliphatic rings. The lowest BCUT2D eigenvalue weighted by Crippen LogP contribution is -2.00. The maximum absolute atomic E-state index is 5.35. The monoisotopic (exact) mass is 153 g/mol. The number of aromatic nitrogens is 2. The lowest BCUT2D eigenvalue weighted by Gasteiger charge is -1.97. The molecule has 0 aliphatic heterocycles. The highest BCUT2D eigenvalue weighted by Gasteiger charge is 1.93. The molecule has 0 saturated carbocycles. The van der Waals surface area contributed by atoms with Crippen molar-refractivity contribution >= 4 is 5.82 Å². The molecule has 0 aliphatic carbocycles. The third kappa shape index (κ3) is 2.51. The Labute approximate surface area is 65.4 Å². The van der Waals surface area contributed by atoms with Crippen LogP contribution in [0, 0.1) is 0 Å². The Bertz CT molecular complexity index is 209. The molecule has 60 valence electrons. The van der Waals surface area contributed by atoms with E-state index in [2.05, 4.69) is 10.2 Å². The third-order valence-corrected chi connectivity index (χ3v) is 1.30. The normalized spacial score (nSPS) is 9.91. The maximum Gasteiger partial charge on any atom is 0.146 e. The average molecular weight is 153 g/mol. The number of hydrogen-bond acceptors (Lipinski definition) is 4. The van der Waals surface area contributed by atoms with E-state index in [1.807, 2.05) is 6.07 Å². The van der Waals surface area contributed by atoms with E-state index in [1.165, 1.54) is 0 Å². The van der Waals surface area contributed by atoms with Crippen LogP contribution in [0.15, 0.2) is 12.1 Å². The molecule has 4 heteroatoms. The summed E-state index contributed by atoms with van der Waals surface area (Å²) < 4.78 is 4.88. The van der Waals surface area contributed by atoms with Crippen LogP contribution in [0.4, 0.5) is 5.82 Å². The predicted octanol–water partition coefficient (Wildman–Crippen LogP) is 0.248. The molecule has 0 radical (unpaired) electrons.